The lowest BCUT2D eigenvalue weighted by Gasteiger charge is -2.42. The van der Waals surface area contributed by atoms with Gasteiger partial charge in [-0.05, 0) is 17.0 Å². The summed E-state index contributed by atoms with van der Waals surface area (Å²) in [5.41, 5.74) is 2.04. The molecular weight excluding hydrogens is 304 g/mol. The Kier molecular flexibility index (Phi) is 5.16. The van der Waals surface area contributed by atoms with Crippen LogP contribution in [-0.2, 0) is 21.4 Å². The molecule has 5 heteroatoms. The first-order chi connectivity index (χ1) is 11.4. The molecule has 0 saturated carbocycles. The summed E-state index contributed by atoms with van der Waals surface area (Å²) in [4.78, 5) is 2.36. The third-order valence-corrected chi connectivity index (χ3v) is 4.90. The molecule has 3 rings (SSSR count). The van der Waals surface area contributed by atoms with E-state index in [2.05, 4.69) is 37.1 Å². The lowest BCUT2D eigenvalue weighted by atomic mass is 9.86. The van der Waals surface area contributed by atoms with E-state index in [1.807, 2.05) is 12.1 Å². The van der Waals surface area contributed by atoms with E-state index in [0.29, 0.717) is 19.0 Å². The molecule has 2 N–H and O–H groups in total. The van der Waals surface area contributed by atoms with Crippen molar-refractivity contribution in [3.8, 4) is 5.75 Å². The van der Waals surface area contributed by atoms with Crippen LogP contribution in [0, 0.1) is 0 Å². The summed E-state index contributed by atoms with van der Waals surface area (Å²) in [6.07, 6.45) is 0. The Hall–Kier alpha value is -1.14. The number of benzene rings is 1. The highest BCUT2D eigenvalue weighted by Crippen LogP contribution is 2.29. The van der Waals surface area contributed by atoms with Crippen molar-refractivity contribution in [1.29, 1.82) is 0 Å². The van der Waals surface area contributed by atoms with Gasteiger partial charge in [0.1, 0.15) is 11.4 Å². The molecule has 1 aromatic rings. The Balaban J connectivity index is 1.73. The third kappa shape index (κ3) is 4.09. The molecule has 24 heavy (non-hydrogen) atoms. The van der Waals surface area contributed by atoms with Crippen LogP contribution in [0.1, 0.15) is 31.9 Å². The number of hydrogen-bond donors (Lipinski definition) is 2. The van der Waals surface area contributed by atoms with Crippen molar-refractivity contribution >= 4 is 0 Å². The van der Waals surface area contributed by atoms with E-state index in [-0.39, 0.29) is 11.0 Å². The van der Waals surface area contributed by atoms with Crippen molar-refractivity contribution in [3.05, 3.63) is 29.3 Å². The number of nitrogens with zero attached hydrogens (tertiary/aromatic N) is 1. The lowest BCUT2D eigenvalue weighted by molar-refractivity contribution is -0.135. The number of nitrogens with one attached hydrogen (secondary N) is 1. The Morgan fingerprint density at radius 1 is 1.29 bits per heavy atom. The molecule has 1 unspecified atom stereocenters. The maximum atomic E-state index is 10.3. The van der Waals surface area contributed by atoms with E-state index in [1.54, 1.807) is 0 Å². The van der Waals surface area contributed by atoms with E-state index >= 15 is 0 Å². The van der Waals surface area contributed by atoms with Gasteiger partial charge in [0.2, 0.25) is 0 Å². The number of phenols is 1. The van der Waals surface area contributed by atoms with Gasteiger partial charge >= 0.3 is 0 Å². The first-order valence-corrected chi connectivity index (χ1v) is 8.85. The van der Waals surface area contributed by atoms with Crippen LogP contribution in [0.15, 0.2) is 18.2 Å². The number of ether oxygens (including phenoxy) is 2. The second-order valence-corrected chi connectivity index (χ2v) is 8.06. The molecular formula is C19H30N2O3. The Labute approximate surface area is 144 Å². The highest BCUT2D eigenvalue weighted by atomic mass is 16.5. The van der Waals surface area contributed by atoms with Gasteiger partial charge in [-0.3, -0.25) is 4.90 Å². The van der Waals surface area contributed by atoms with Crippen molar-refractivity contribution in [1.82, 2.24) is 10.2 Å². The van der Waals surface area contributed by atoms with Gasteiger partial charge in [0.15, 0.2) is 0 Å². The summed E-state index contributed by atoms with van der Waals surface area (Å²) in [7, 11) is 0. The maximum Gasteiger partial charge on any atom is 0.120 e. The summed E-state index contributed by atoms with van der Waals surface area (Å²) < 4.78 is 11.8. The van der Waals surface area contributed by atoms with E-state index in [0.717, 1.165) is 44.9 Å². The molecule has 2 fully saturated rings. The Morgan fingerprint density at radius 2 is 2.12 bits per heavy atom. The molecule has 1 spiro atoms. The average molecular weight is 334 g/mol. The first kappa shape index (κ1) is 17.7. The highest BCUT2D eigenvalue weighted by Gasteiger charge is 2.38. The van der Waals surface area contributed by atoms with Crippen LogP contribution in [0.5, 0.6) is 5.75 Å². The second kappa shape index (κ2) is 7.00. The van der Waals surface area contributed by atoms with Gasteiger partial charge in [-0.2, -0.15) is 0 Å². The predicted molar refractivity (Wildman–Crippen MR) is 94.5 cm³/mol. The van der Waals surface area contributed by atoms with E-state index in [1.165, 1.54) is 5.56 Å². The zero-order valence-corrected chi connectivity index (χ0v) is 15.1. The standard InChI is InChI=1S/C19H30N2O3/c1-18(2,3)16-4-5-17(22)15(10-16)11-21-7-9-24-19(13-21)12-20-6-8-23-14-19/h4-5,10,20,22H,6-9,11-14H2,1-3H3. The molecule has 5 nitrogen and oxygen atoms in total. The molecule has 2 aliphatic heterocycles. The van der Waals surface area contributed by atoms with E-state index < -0.39 is 0 Å². The fourth-order valence-electron chi connectivity index (χ4n) is 3.44. The maximum absolute atomic E-state index is 10.3. The molecule has 0 bridgehead atoms. The Bertz CT molecular complexity index is 560. The summed E-state index contributed by atoms with van der Waals surface area (Å²) in [6, 6.07) is 5.98. The largest absolute Gasteiger partial charge is 0.508 e. The van der Waals surface area contributed by atoms with Crippen LogP contribution in [0.3, 0.4) is 0 Å². The van der Waals surface area contributed by atoms with Crippen molar-refractivity contribution in [2.75, 3.05) is 46.0 Å². The van der Waals surface area contributed by atoms with Gasteiger partial charge in [0.25, 0.3) is 0 Å². The SMILES string of the molecule is CC(C)(C)c1ccc(O)c(CN2CCOC3(CNCCOC3)C2)c1. The van der Waals surface area contributed by atoms with Crippen LogP contribution in [0.25, 0.3) is 0 Å². The third-order valence-electron chi connectivity index (χ3n) is 4.90. The van der Waals surface area contributed by atoms with Crippen molar-refractivity contribution in [2.24, 2.45) is 0 Å². The average Bonchev–Trinajstić information content (AvgIpc) is 2.74. The van der Waals surface area contributed by atoms with Gasteiger partial charge in [0.05, 0.1) is 19.8 Å². The molecule has 0 amide bonds. The second-order valence-electron chi connectivity index (χ2n) is 8.06. The zero-order valence-electron chi connectivity index (χ0n) is 15.1. The van der Waals surface area contributed by atoms with E-state index in [4.69, 9.17) is 9.47 Å². The highest BCUT2D eigenvalue weighted by molar-refractivity contribution is 5.38. The van der Waals surface area contributed by atoms with Gasteiger partial charge in [-0.25, -0.2) is 0 Å². The van der Waals surface area contributed by atoms with Crippen molar-refractivity contribution < 1.29 is 14.6 Å². The number of aromatic hydroxyl groups is 1. The summed E-state index contributed by atoms with van der Waals surface area (Å²) in [5, 5.41) is 13.7. The monoisotopic (exact) mass is 334 g/mol. The van der Waals surface area contributed by atoms with Crippen molar-refractivity contribution in [3.63, 3.8) is 0 Å². The van der Waals surface area contributed by atoms with E-state index in [9.17, 15) is 5.11 Å². The number of phenolic OH excluding ortho intramolecular Hbond substituents is 1. The molecule has 134 valence electrons. The number of hydrogen-bond acceptors (Lipinski definition) is 5. The lowest BCUT2D eigenvalue weighted by Crippen LogP contribution is -2.57. The number of morpholine rings is 1. The van der Waals surface area contributed by atoms with Gasteiger partial charge in [-0.15, -0.1) is 0 Å². The normalized spacial score (nSPS) is 26.5. The van der Waals surface area contributed by atoms with Crippen LogP contribution < -0.4 is 5.32 Å². The van der Waals surface area contributed by atoms with Crippen LogP contribution in [-0.4, -0.2) is 61.6 Å². The first-order valence-electron chi connectivity index (χ1n) is 8.85. The molecule has 0 aromatic heterocycles. The molecule has 2 aliphatic rings. The minimum absolute atomic E-state index is 0.0771. The van der Waals surface area contributed by atoms with Crippen LogP contribution in [0.2, 0.25) is 0 Å². The summed E-state index contributed by atoms with van der Waals surface area (Å²) >= 11 is 0. The van der Waals surface area contributed by atoms with Crippen molar-refractivity contribution in [2.45, 2.75) is 38.3 Å². The zero-order chi connectivity index (χ0) is 17.2. The Morgan fingerprint density at radius 3 is 2.92 bits per heavy atom. The molecule has 0 radical (unpaired) electrons. The van der Waals surface area contributed by atoms with Gasteiger partial charge in [-0.1, -0.05) is 32.9 Å². The van der Waals surface area contributed by atoms with Gasteiger partial charge < -0.3 is 19.9 Å². The molecule has 1 atom stereocenters. The predicted octanol–water partition coefficient (Wildman–Crippen LogP) is 1.88. The molecule has 1 aromatic carbocycles. The molecule has 2 heterocycles. The fraction of sp³-hybridized carbons (Fsp3) is 0.684. The molecule has 2 saturated heterocycles. The topological polar surface area (TPSA) is 54.0 Å². The number of rotatable bonds is 2. The van der Waals surface area contributed by atoms with Crippen LogP contribution >= 0.6 is 0 Å². The summed E-state index contributed by atoms with van der Waals surface area (Å²) in [5.74, 6) is 0.374. The minimum Gasteiger partial charge on any atom is -0.508 e. The minimum atomic E-state index is -0.272. The van der Waals surface area contributed by atoms with Gasteiger partial charge in [0, 0.05) is 38.3 Å². The quantitative estimate of drug-likeness (QED) is 0.865. The van der Waals surface area contributed by atoms with Crippen LogP contribution in [0.4, 0.5) is 0 Å². The summed E-state index contributed by atoms with van der Waals surface area (Å²) in [6.45, 7) is 12.8. The fourth-order valence-corrected chi connectivity index (χ4v) is 3.44. The smallest absolute Gasteiger partial charge is 0.120 e. The molecule has 0 aliphatic carbocycles.